The Morgan fingerprint density at radius 2 is 2.14 bits per heavy atom. The Bertz CT molecular complexity index is 757. The molecule has 0 aliphatic heterocycles. The molecule has 118 valence electrons. The number of hydrogen-bond acceptors (Lipinski definition) is 7. The summed E-state index contributed by atoms with van der Waals surface area (Å²) in [4.78, 5) is 39.8. The number of ether oxygens (including phenoxy) is 2. The molecule has 2 heterocycles. The Labute approximate surface area is 146 Å². The summed E-state index contributed by atoms with van der Waals surface area (Å²) in [5.41, 5.74) is 4.97. The summed E-state index contributed by atoms with van der Waals surface area (Å²) in [7, 11) is -3.19. The fourth-order valence-electron chi connectivity index (χ4n) is 1.58. The fraction of sp³-hybridized carbons (Fsp3) is 0.444. The molecule has 0 aliphatic rings. The Morgan fingerprint density at radius 1 is 1.50 bits per heavy atom. The molecule has 11 nitrogen and oxygen atoms in total. The van der Waals surface area contributed by atoms with Crippen LogP contribution in [0.1, 0.15) is 13.3 Å². The number of aromatic nitrogens is 4. The van der Waals surface area contributed by atoms with E-state index in [2.05, 4.69) is 15.0 Å². The normalized spacial score (nSPS) is 14.5. The molecule has 0 fully saturated rings. The second-order valence-electron chi connectivity index (χ2n) is 4.14. The number of imidazole rings is 1. The summed E-state index contributed by atoms with van der Waals surface area (Å²) in [6, 6.07) is 0. The first-order valence-corrected chi connectivity index (χ1v) is 7.38. The summed E-state index contributed by atoms with van der Waals surface area (Å²) in [5.74, 6) is -1.55. The zero-order valence-corrected chi connectivity index (χ0v) is 12.0. The van der Waals surface area contributed by atoms with Crippen LogP contribution in [0.4, 0.5) is 5.95 Å². The summed E-state index contributed by atoms with van der Waals surface area (Å²) in [6.45, 7) is 1.19. The zero-order valence-electron chi connectivity index (χ0n) is 11.1. The second-order valence-corrected chi connectivity index (χ2v) is 6.05. The van der Waals surface area contributed by atoms with Gasteiger partial charge in [0.1, 0.15) is 6.33 Å². The third-order valence-corrected chi connectivity index (χ3v) is 3.74. The molecule has 5 N–H and O–H groups in total. The van der Waals surface area contributed by atoms with Crippen molar-refractivity contribution in [2.75, 3.05) is 12.8 Å². The number of rotatable bonds is 5. The predicted octanol–water partition coefficient (Wildman–Crippen LogP) is -1.30. The maximum atomic E-state index is 11.6. The molecule has 2 unspecified atom stereocenters. The predicted molar refractivity (Wildman–Crippen MR) is 78.3 cm³/mol. The molecule has 0 aromatic carbocycles. The van der Waals surface area contributed by atoms with E-state index in [0.29, 0.717) is 0 Å². The Morgan fingerprint density at radius 3 is 2.68 bits per heavy atom. The Balaban J connectivity index is 0.00000242. The summed E-state index contributed by atoms with van der Waals surface area (Å²) >= 11 is 0. The summed E-state index contributed by atoms with van der Waals surface area (Å²) in [5, 5.41) is 0. The first kappa shape index (κ1) is 19.3. The van der Waals surface area contributed by atoms with E-state index in [4.69, 9.17) is 25.0 Å². The van der Waals surface area contributed by atoms with Crippen LogP contribution in [-0.2, 0) is 14.0 Å². The molecule has 2 atom stereocenters. The molecule has 2 aromatic rings. The van der Waals surface area contributed by atoms with E-state index in [0.717, 1.165) is 0 Å². The monoisotopic (exact) mass is 343 g/mol. The topological polar surface area (TPSA) is 166 Å². The number of nitrogens with two attached hydrogens (primary N) is 1. The van der Waals surface area contributed by atoms with Crippen molar-refractivity contribution in [1.29, 1.82) is 0 Å². The third kappa shape index (κ3) is 3.94. The van der Waals surface area contributed by atoms with Gasteiger partial charge in [0.05, 0.1) is 0 Å². The molecule has 0 amide bonds. The quantitative estimate of drug-likeness (QED) is 0.293. The van der Waals surface area contributed by atoms with Crippen molar-refractivity contribution in [1.82, 2.24) is 19.5 Å². The van der Waals surface area contributed by atoms with Crippen LogP contribution < -0.4 is 11.3 Å². The van der Waals surface area contributed by atoms with Crippen molar-refractivity contribution in [3.63, 3.8) is 0 Å². The van der Waals surface area contributed by atoms with Gasteiger partial charge in [-0.2, -0.15) is 4.98 Å². The van der Waals surface area contributed by atoms with Crippen molar-refractivity contribution < 1.29 is 23.8 Å². The number of anilines is 1. The minimum atomic E-state index is -4.45. The average molecular weight is 343 g/mol. The van der Waals surface area contributed by atoms with E-state index in [-0.39, 0.29) is 46.7 Å². The summed E-state index contributed by atoms with van der Waals surface area (Å²) < 4.78 is 22.5. The number of nitrogens with zero attached hydrogens (tertiary/aromatic N) is 3. The van der Waals surface area contributed by atoms with Crippen LogP contribution in [0.25, 0.3) is 11.2 Å². The first-order chi connectivity index (χ1) is 9.74. The van der Waals surface area contributed by atoms with Crippen LogP contribution in [0.2, 0.25) is 0 Å². The minimum absolute atomic E-state index is 0. The van der Waals surface area contributed by atoms with Crippen LogP contribution >= 0.6 is 7.60 Å². The number of hydrogen-bond donors (Lipinski definition) is 4. The Kier molecular flexibility index (Phi) is 6.30. The van der Waals surface area contributed by atoms with E-state index >= 15 is 0 Å². The number of nitrogens with one attached hydrogen (secondary N) is 1. The van der Waals surface area contributed by atoms with Crippen molar-refractivity contribution in [3.8, 4) is 0 Å². The van der Waals surface area contributed by atoms with E-state index in [1.807, 2.05) is 0 Å². The molecular formula is C9H15N5NaO6P. The molecule has 22 heavy (non-hydrogen) atoms. The van der Waals surface area contributed by atoms with E-state index < -0.39 is 25.4 Å². The van der Waals surface area contributed by atoms with Crippen molar-refractivity contribution in [3.05, 3.63) is 16.7 Å². The van der Waals surface area contributed by atoms with E-state index in [1.54, 1.807) is 0 Å². The van der Waals surface area contributed by atoms with Gasteiger partial charge in [-0.05, 0) is 6.92 Å². The second kappa shape index (κ2) is 7.20. The van der Waals surface area contributed by atoms with Crippen LogP contribution in [0, 0.1) is 0 Å². The van der Waals surface area contributed by atoms with Crippen molar-refractivity contribution in [2.24, 2.45) is 0 Å². The number of nitrogen functional groups attached to an aromatic ring is 1. The SMILES string of the molecule is COC(OC(C)P(=O)(O)O)n1cnc2c(=O)[nH]c(N)nc21.[NaH]. The van der Waals surface area contributed by atoms with Gasteiger partial charge in [-0.15, -0.1) is 0 Å². The van der Waals surface area contributed by atoms with E-state index in [1.165, 1.54) is 24.9 Å². The van der Waals surface area contributed by atoms with E-state index in [9.17, 15) is 9.36 Å². The Hall–Kier alpha value is -0.780. The van der Waals surface area contributed by atoms with Gasteiger partial charge in [0, 0.05) is 7.11 Å². The number of methoxy groups -OCH3 is 1. The third-order valence-electron chi connectivity index (χ3n) is 2.67. The van der Waals surface area contributed by atoms with Gasteiger partial charge < -0.3 is 25.0 Å². The van der Waals surface area contributed by atoms with Crippen LogP contribution in [0.15, 0.2) is 11.1 Å². The zero-order chi connectivity index (χ0) is 15.8. The molecule has 0 radical (unpaired) electrons. The molecule has 0 saturated carbocycles. The van der Waals surface area contributed by atoms with Crippen LogP contribution in [0.3, 0.4) is 0 Å². The molecule has 2 rings (SSSR count). The number of H-pyrrole nitrogens is 1. The van der Waals surface area contributed by atoms with Gasteiger partial charge in [0.25, 0.3) is 5.56 Å². The maximum absolute atomic E-state index is 11.6. The molecule has 0 spiro atoms. The molecular weight excluding hydrogens is 328 g/mol. The molecule has 13 heteroatoms. The van der Waals surface area contributed by atoms with Gasteiger partial charge in [0.15, 0.2) is 17.0 Å². The first-order valence-electron chi connectivity index (χ1n) is 5.70. The molecule has 0 bridgehead atoms. The van der Waals surface area contributed by atoms with Gasteiger partial charge >= 0.3 is 37.2 Å². The van der Waals surface area contributed by atoms with Crippen LogP contribution in [-0.4, -0.2) is 71.8 Å². The van der Waals surface area contributed by atoms with Gasteiger partial charge in [0.2, 0.25) is 12.4 Å². The number of aromatic amines is 1. The van der Waals surface area contributed by atoms with Gasteiger partial charge in [-0.3, -0.25) is 18.9 Å². The summed E-state index contributed by atoms with van der Waals surface area (Å²) in [6.07, 6.45) is -0.0290. The van der Waals surface area contributed by atoms with Crippen molar-refractivity contribution >= 4 is 54.3 Å². The molecule has 0 saturated heterocycles. The van der Waals surface area contributed by atoms with Crippen molar-refractivity contribution in [2.45, 2.75) is 19.2 Å². The van der Waals surface area contributed by atoms with Gasteiger partial charge in [-0.25, -0.2) is 4.98 Å². The van der Waals surface area contributed by atoms with Gasteiger partial charge in [-0.1, -0.05) is 0 Å². The number of fused-ring (bicyclic) bond motifs is 1. The molecule has 0 aliphatic carbocycles. The molecule has 2 aromatic heterocycles. The average Bonchev–Trinajstić information content (AvgIpc) is 2.78. The van der Waals surface area contributed by atoms with Crippen LogP contribution in [0.5, 0.6) is 0 Å². The fourth-order valence-corrected chi connectivity index (χ4v) is 1.84. The standard InChI is InChI=1S/C9H14N5O6P.Na.H/c1-4(21(16,17)18)20-9(19-2)14-3-11-5-6(14)12-8(10)13-7(5)15;;/h3-4,9H,1-2H3,(H2,16,17,18)(H3,10,12,13,15);;.